The Labute approximate surface area is 115 Å². The van der Waals surface area contributed by atoms with E-state index < -0.39 is 11.7 Å². The number of benzene rings is 2. The molecule has 0 aliphatic heterocycles. The number of nitrogens with one attached hydrogen (secondary N) is 1. The second-order valence-electron chi connectivity index (χ2n) is 4.16. The highest BCUT2D eigenvalue weighted by Gasteiger charge is 2.02. The molecule has 0 saturated carbocycles. The van der Waals surface area contributed by atoms with E-state index in [4.69, 9.17) is 0 Å². The van der Waals surface area contributed by atoms with Gasteiger partial charge in [-0.15, -0.1) is 0 Å². The van der Waals surface area contributed by atoms with Gasteiger partial charge in [-0.1, -0.05) is 36.4 Å². The SMILES string of the molecule is O=C(/C=C/c1ccccc1F)NCc1ccccc1F. The van der Waals surface area contributed by atoms with Gasteiger partial charge in [-0.25, -0.2) is 8.78 Å². The van der Waals surface area contributed by atoms with Crippen molar-refractivity contribution in [3.05, 3.63) is 77.4 Å². The largest absolute Gasteiger partial charge is 0.348 e. The molecule has 2 aromatic carbocycles. The summed E-state index contributed by atoms with van der Waals surface area (Å²) in [5, 5.41) is 2.54. The molecule has 0 atom stereocenters. The Balaban J connectivity index is 1.93. The van der Waals surface area contributed by atoms with Gasteiger partial charge in [0.15, 0.2) is 0 Å². The van der Waals surface area contributed by atoms with Crippen LogP contribution in [0.15, 0.2) is 54.6 Å². The molecule has 0 aromatic heterocycles. The van der Waals surface area contributed by atoms with E-state index in [0.29, 0.717) is 11.1 Å². The standard InChI is InChI=1S/C16H13F2NO/c17-14-7-3-1-5-12(14)9-10-16(20)19-11-13-6-2-4-8-15(13)18/h1-10H,11H2,(H,19,20)/b10-9+. The van der Waals surface area contributed by atoms with Crippen molar-refractivity contribution in [1.29, 1.82) is 0 Å². The van der Waals surface area contributed by atoms with Gasteiger partial charge in [0.25, 0.3) is 0 Å². The predicted octanol–water partition coefficient (Wildman–Crippen LogP) is 3.29. The maximum Gasteiger partial charge on any atom is 0.244 e. The highest BCUT2D eigenvalue weighted by atomic mass is 19.1. The van der Waals surface area contributed by atoms with Gasteiger partial charge in [0, 0.05) is 23.7 Å². The van der Waals surface area contributed by atoms with E-state index in [1.165, 1.54) is 24.3 Å². The summed E-state index contributed by atoms with van der Waals surface area (Å²) in [6.45, 7) is 0.0904. The first-order valence-corrected chi connectivity index (χ1v) is 6.10. The van der Waals surface area contributed by atoms with Crippen LogP contribution in [0.4, 0.5) is 8.78 Å². The summed E-state index contributed by atoms with van der Waals surface area (Å²) in [7, 11) is 0. The van der Waals surface area contributed by atoms with Crippen LogP contribution in [0.2, 0.25) is 0 Å². The van der Waals surface area contributed by atoms with Gasteiger partial charge < -0.3 is 5.32 Å². The first-order chi connectivity index (χ1) is 9.66. The molecule has 1 amide bonds. The Morgan fingerprint density at radius 3 is 2.35 bits per heavy atom. The van der Waals surface area contributed by atoms with Gasteiger partial charge in [-0.2, -0.15) is 0 Å². The Bertz CT molecular complexity index is 638. The average Bonchev–Trinajstić information content (AvgIpc) is 2.45. The van der Waals surface area contributed by atoms with Crippen molar-refractivity contribution in [3.8, 4) is 0 Å². The number of carbonyl (C=O) groups excluding carboxylic acids is 1. The zero-order chi connectivity index (χ0) is 14.4. The molecular formula is C16H13F2NO. The van der Waals surface area contributed by atoms with Crippen LogP contribution >= 0.6 is 0 Å². The third-order valence-corrected chi connectivity index (χ3v) is 2.73. The molecule has 0 radical (unpaired) electrons. The fraction of sp³-hybridized carbons (Fsp3) is 0.0625. The van der Waals surface area contributed by atoms with Crippen LogP contribution in [0.1, 0.15) is 11.1 Å². The van der Waals surface area contributed by atoms with Crippen molar-refractivity contribution in [2.75, 3.05) is 0 Å². The van der Waals surface area contributed by atoms with Crippen molar-refractivity contribution in [2.45, 2.75) is 6.54 Å². The van der Waals surface area contributed by atoms with Gasteiger partial charge in [-0.05, 0) is 18.2 Å². The Kier molecular flexibility index (Phi) is 4.60. The van der Waals surface area contributed by atoms with Crippen molar-refractivity contribution in [1.82, 2.24) is 5.32 Å². The first kappa shape index (κ1) is 13.9. The summed E-state index contributed by atoms with van der Waals surface area (Å²) >= 11 is 0. The zero-order valence-corrected chi connectivity index (χ0v) is 10.6. The molecule has 20 heavy (non-hydrogen) atoms. The van der Waals surface area contributed by atoms with E-state index >= 15 is 0 Å². The lowest BCUT2D eigenvalue weighted by Crippen LogP contribution is -2.20. The number of hydrogen-bond donors (Lipinski definition) is 1. The second-order valence-corrected chi connectivity index (χ2v) is 4.16. The van der Waals surface area contributed by atoms with Crippen LogP contribution in [-0.4, -0.2) is 5.91 Å². The maximum absolute atomic E-state index is 13.3. The van der Waals surface area contributed by atoms with Crippen LogP contribution in [0.3, 0.4) is 0 Å². The maximum atomic E-state index is 13.3. The molecule has 0 bridgehead atoms. The summed E-state index contributed by atoms with van der Waals surface area (Å²) in [4.78, 5) is 11.6. The Morgan fingerprint density at radius 2 is 1.65 bits per heavy atom. The van der Waals surface area contributed by atoms with Crippen LogP contribution < -0.4 is 5.32 Å². The zero-order valence-electron chi connectivity index (χ0n) is 10.6. The molecule has 0 saturated heterocycles. The molecule has 2 aromatic rings. The smallest absolute Gasteiger partial charge is 0.244 e. The third kappa shape index (κ3) is 3.75. The molecule has 0 aliphatic rings. The number of hydrogen-bond acceptors (Lipinski definition) is 1. The molecule has 2 nitrogen and oxygen atoms in total. The number of rotatable bonds is 4. The number of carbonyl (C=O) groups is 1. The van der Waals surface area contributed by atoms with E-state index in [2.05, 4.69) is 5.32 Å². The fourth-order valence-electron chi connectivity index (χ4n) is 1.66. The lowest BCUT2D eigenvalue weighted by molar-refractivity contribution is -0.116. The third-order valence-electron chi connectivity index (χ3n) is 2.73. The van der Waals surface area contributed by atoms with Crippen LogP contribution in [-0.2, 0) is 11.3 Å². The normalized spacial score (nSPS) is 10.7. The lowest BCUT2D eigenvalue weighted by atomic mass is 10.2. The molecule has 0 fully saturated rings. The van der Waals surface area contributed by atoms with Gasteiger partial charge >= 0.3 is 0 Å². The van der Waals surface area contributed by atoms with Gasteiger partial charge in [0.2, 0.25) is 5.91 Å². The fourth-order valence-corrected chi connectivity index (χ4v) is 1.66. The van der Waals surface area contributed by atoms with Gasteiger partial charge in [0.05, 0.1) is 0 Å². The monoisotopic (exact) mass is 273 g/mol. The van der Waals surface area contributed by atoms with Crippen molar-refractivity contribution in [2.24, 2.45) is 0 Å². The van der Waals surface area contributed by atoms with Gasteiger partial charge in [0.1, 0.15) is 11.6 Å². The topological polar surface area (TPSA) is 29.1 Å². The summed E-state index contributed by atoms with van der Waals surface area (Å²) in [5.74, 6) is -1.17. The van der Waals surface area contributed by atoms with Crippen molar-refractivity contribution < 1.29 is 13.6 Å². The molecule has 0 unspecified atom stereocenters. The Morgan fingerprint density at radius 1 is 1.00 bits per heavy atom. The van der Waals surface area contributed by atoms with E-state index in [1.54, 1.807) is 36.4 Å². The number of halogens is 2. The lowest BCUT2D eigenvalue weighted by Gasteiger charge is -2.03. The molecule has 4 heteroatoms. The van der Waals surface area contributed by atoms with E-state index in [9.17, 15) is 13.6 Å². The van der Waals surface area contributed by atoms with Crippen LogP contribution in [0, 0.1) is 11.6 Å². The molecule has 0 heterocycles. The highest BCUT2D eigenvalue weighted by molar-refractivity contribution is 5.91. The van der Waals surface area contributed by atoms with Gasteiger partial charge in [-0.3, -0.25) is 4.79 Å². The molecule has 0 spiro atoms. The number of amides is 1. The molecule has 1 N–H and O–H groups in total. The van der Waals surface area contributed by atoms with E-state index in [-0.39, 0.29) is 12.4 Å². The van der Waals surface area contributed by atoms with Crippen LogP contribution in [0.25, 0.3) is 6.08 Å². The quantitative estimate of drug-likeness (QED) is 0.851. The summed E-state index contributed by atoms with van der Waals surface area (Å²) < 4.78 is 26.6. The minimum atomic E-state index is -0.406. The summed E-state index contributed by atoms with van der Waals surface area (Å²) in [5.41, 5.74) is 0.730. The first-order valence-electron chi connectivity index (χ1n) is 6.10. The van der Waals surface area contributed by atoms with E-state index in [1.807, 2.05) is 0 Å². The Hall–Kier alpha value is -2.49. The minimum absolute atomic E-state index is 0.0904. The average molecular weight is 273 g/mol. The predicted molar refractivity (Wildman–Crippen MR) is 73.7 cm³/mol. The molecular weight excluding hydrogens is 260 g/mol. The second kappa shape index (κ2) is 6.61. The summed E-state index contributed by atoms with van der Waals surface area (Å²) in [6, 6.07) is 12.3. The molecule has 102 valence electrons. The summed E-state index contributed by atoms with van der Waals surface area (Å²) in [6.07, 6.45) is 2.60. The van der Waals surface area contributed by atoms with Crippen molar-refractivity contribution in [3.63, 3.8) is 0 Å². The van der Waals surface area contributed by atoms with Crippen LogP contribution in [0.5, 0.6) is 0 Å². The molecule has 2 rings (SSSR count). The van der Waals surface area contributed by atoms with E-state index in [0.717, 1.165) is 0 Å². The highest BCUT2D eigenvalue weighted by Crippen LogP contribution is 2.08. The van der Waals surface area contributed by atoms with Crippen molar-refractivity contribution >= 4 is 12.0 Å². The molecule has 0 aliphatic carbocycles. The minimum Gasteiger partial charge on any atom is -0.348 e.